The van der Waals surface area contributed by atoms with Crippen LogP contribution in [0.5, 0.6) is 5.75 Å². The topological polar surface area (TPSA) is 69.6 Å². The van der Waals surface area contributed by atoms with Crippen LogP contribution in [0.4, 0.5) is 4.39 Å². The number of benzene rings is 2. The van der Waals surface area contributed by atoms with Crippen LogP contribution in [0.2, 0.25) is 0 Å². The van der Waals surface area contributed by atoms with Crippen molar-refractivity contribution in [2.45, 2.75) is 13.0 Å². The number of aromatic hydroxyl groups is 1. The Balaban J connectivity index is 2.10. The highest BCUT2D eigenvalue weighted by Gasteiger charge is 2.06. The summed E-state index contributed by atoms with van der Waals surface area (Å²) in [7, 11) is 0. The lowest BCUT2D eigenvalue weighted by Crippen LogP contribution is -2.17. The lowest BCUT2D eigenvalue weighted by Gasteiger charge is -2.08. The molecular weight excluding hydrogens is 273 g/mol. The van der Waals surface area contributed by atoms with Crippen molar-refractivity contribution >= 4 is 5.97 Å². The molecule has 0 aromatic heterocycles. The van der Waals surface area contributed by atoms with Crippen LogP contribution in [0.25, 0.3) is 11.1 Å². The highest BCUT2D eigenvalue weighted by Crippen LogP contribution is 2.25. The van der Waals surface area contributed by atoms with Crippen molar-refractivity contribution in [3.63, 3.8) is 0 Å². The molecule has 0 spiro atoms. The van der Waals surface area contributed by atoms with E-state index in [2.05, 4.69) is 5.32 Å². The van der Waals surface area contributed by atoms with Crippen LogP contribution in [-0.4, -0.2) is 22.7 Å². The Morgan fingerprint density at radius 3 is 2.52 bits per heavy atom. The van der Waals surface area contributed by atoms with Gasteiger partial charge in [0, 0.05) is 18.7 Å². The molecule has 21 heavy (non-hydrogen) atoms. The van der Waals surface area contributed by atoms with Crippen LogP contribution in [0, 0.1) is 5.82 Å². The van der Waals surface area contributed by atoms with E-state index in [0.29, 0.717) is 24.2 Å². The molecule has 2 rings (SSSR count). The number of carboxylic acids is 1. The van der Waals surface area contributed by atoms with E-state index in [9.17, 15) is 14.3 Å². The first-order chi connectivity index (χ1) is 10.1. The predicted molar refractivity (Wildman–Crippen MR) is 77.5 cm³/mol. The second-order valence-electron chi connectivity index (χ2n) is 4.68. The van der Waals surface area contributed by atoms with E-state index in [1.54, 1.807) is 24.3 Å². The van der Waals surface area contributed by atoms with Crippen LogP contribution < -0.4 is 5.32 Å². The maximum Gasteiger partial charge on any atom is 0.304 e. The molecule has 3 N–H and O–H groups in total. The van der Waals surface area contributed by atoms with Crippen molar-refractivity contribution in [1.29, 1.82) is 0 Å². The van der Waals surface area contributed by atoms with Gasteiger partial charge >= 0.3 is 5.97 Å². The molecule has 0 unspecified atom stereocenters. The van der Waals surface area contributed by atoms with Crippen LogP contribution in [-0.2, 0) is 11.3 Å². The Kier molecular flexibility index (Phi) is 4.90. The van der Waals surface area contributed by atoms with Gasteiger partial charge in [-0.1, -0.05) is 18.2 Å². The molecule has 2 aromatic carbocycles. The normalized spacial score (nSPS) is 10.5. The summed E-state index contributed by atoms with van der Waals surface area (Å²) in [6, 6.07) is 11.1. The van der Waals surface area contributed by atoms with Crippen LogP contribution in [0.3, 0.4) is 0 Å². The molecule has 110 valence electrons. The second kappa shape index (κ2) is 6.85. The molecule has 0 atom stereocenters. The SMILES string of the molecule is O=C(O)CCNCc1ccc(F)c(-c2ccc(O)cc2)c1. The Labute approximate surface area is 121 Å². The van der Waals surface area contributed by atoms with Crippen molar-refractivity contribution < 1.29 is 19.4 Å². The molecule has 0 radical (unpaired) electrons. The average Bonchev–Trinajstić information content (AvgIpc) is 2.46. The van der Waals surface area contributed by atoms with Gasteiger partial charge in [-0.25, -0.2) is 4.39 Å². The Hall–Kier alpha value is -2.40. The van der Waals surface area contributed by atoms with Gasteiger partial charge in [0.1, 0.15) is 11.6 Å². The minimum Gasteiger partial charge on any atom is -0.508 e. The van der Waals surface area contributed by atoms with Gasteiger partial charge < -0.3 is 15.5 Å². The molecule has 0 aliphatic rings. The van der Waals surface area contributed by atoms with Gasteiger partial charge in [-0.05, 0) is 35.4 Å². The van der Waals surface area contributed by atoms with E-state index in [1.165, 1.54) is 18.2 Å². The summed E-state index contributed by atoms with van der Waals surface area (Å²) in [4.78, 5) is 10.4. The number of nitrogens with one attached hydrogen (secondary N) is 1. The highest BCUT2D eigenvalue weighted by molar-refractivity contribution is 5.67. The molecule has 4 nitrogen and oxygen atoms in total. The third kappa shape index (κ3) is 4.29. The van der Waals surface area contributed by atoms with Crippen LogP contribution in [0.1, 0.15) is 12.0 Å². The number of halogens is 1. The minimum atomic E-state index is -0.855. The monoisotopic (exact) mass is 289 g/mol. The van der Waals surface area contributed by atoms with Gasteiger partial charge in [0.15, 0.2) is 0 Å². The molecule has 0 aliphatic heterocycles. The number of hydrogen-bond donors (Lipinski definition) is 3. The third-order valence-corrected chi connectivity index (χ3v) is 3.05. The summed E-state index contributed by atoms with van der Waals surface area (Å²) < 4.78 is 13.9. The zero-order chi connectivity index (χ0) is 15.2. The third-order valence-electron chi connectivity index (χ3n) is 3.05. The fraction of sp³-hybridized carbons (Fsp3) is 0.188. The smallest absolute Gasteiger partial charge is 0.304 e. The second-order valence-corrected chi connectivity index (χ2v) is 4.68. The van der Waals surface area contributed by atoms with Crippen molar-refractivity contribution in [2.75, 3.05) is 6.54 Å². The summed E-state index contributed by atoms with van der Waals surface area (Å²) in [5.74, 6) is -1.06. The first-order valence-electron chi connectivity index (χ1n) is 6.56. The van der Waals surface area contributed by atoms with E-state index < -0.39 is 5.97 Å². The Morgan fingerprint density at radius 2 is 1.86 bits per heavy atom. The fourth-order valence-electron chi connectivity index (χ4n) is 1.97. The van der Waals surface area contributed by atoms with E-state index >= 15 is 0 Å². The van der Waals surface area contributed by atoms with Crippen molar-refractivity contribution in [1.82, 2.24) is 5.32 Å². The Bertz CT molecular complexity index is 626. The van der Waals surface area contributed by atoms with Gasteiger partial charge in [-0.2, -0.15) is 0 Å². The van der Waals surface area contributed by atoms with E-state index in [0.717, 1.165) is 5.56 Å². The van der Waals surface area contributed by atoms with E-state index in [-0.39, 0.29) is 18.0 Å². The van der Waals surface area contributed by atoms with E-state index in [1.807, 2.05) is 0 Å². The van der Waals surface area contributed by atoms with E-state index in [4.69, 9.17) is 5.11 Å². The molecule has 5 heteroatoms. The number of phenols is 1. The van der Waals surface area contributed by atoms with Gasteiger partial charge in [0.2, 0.25) is 0 Å². The quantitative estimate of drug-likeness (QED) is 0.715. The maximum atomic E-state index is 13.9. The number of carbonyl (C=O) groups is 1. The van der Waals surface area contributed by atoms with Crippen LogP contribution in [0.15, 0.2) is 42.5 Å². The molecule has 0 bridgehead atoms. The molecule has 0 saturated carbocycles. The molecule has 0 amide bonds. The molecule has 2 aromatic rings. The number of hydrogen-bond acceptors (Lipinski definition) is 3. The highest BCUT2D eigenvalue weighted by atomic mass is 19.1. The minimum absolute atomic E-state index is 0.0476. The van der Waals surface area contributed by atoms with Crippen LogP contribution >= 0.6 is 0 Å². The Morgan fingerprint density at radius 1 is 1.14 bits per heavy atom. The maximum absolute atomic E-state index is 13.9. The number of rotatable bonds is 6. The summed E-state index contributed by atoms with van der Waals surface area (Å²) in [5, 5.41) is 20.8. The number of carboxylic acid groups (broad SMARTS) is 1. The van der Waals surface area contributed by atoms with Crippen molar-refractivity contribution in [3.05, 3.63) is 53.8 Å². The molecular formula is C16H16FNO3. The molecule has 0 heterocycles. The molecule has 0 saturated heterocycles. The standard InChI is InChI=1S/C16H16FNO3/c17-15-6-1-11(10-18-8-7-16(20)21)9-14(15)12-2-4-13(19)5-3-12/h1-6,9,18-19H,7-8,10H2,(H,20,21). The van der Waals surface area contributed by atoms with Crippen molar-refractivity contribution in [2.24, 2.45) is 0 Å². The summed E-state index contributed by atoms with van der Waals surface area (Å²) in [6.07, 6.45) is 0.0476. The largest absolute Gasteiger partial charge is 0.508 e. The fourth-order valence-corrected chi connectivity index (χ4v) is 1.97. The lowest BCUT2D eigenvalue weighted by atomic mass is 10.0. The first-order valence-corrected chi connectivity index (χ1v) is 6.56. The first kappa shape index (κ1) is 15.0. The van der Waals surface area contributed by atoms with Crippen molar-refractivity contribution in [3.8, 4) is 16.9 Å². The number of phenolic OH excluding ortho intramolecular Hbond substituents is 1. The van der Waals surface area contributed by atoms with Gasteiger partial charge in [0.05, 0.1) is 6.42 Å². The van der Waals surface area contributed by atoms with Gasteiger partial charge in [-0.3, -0.25) is 4.79 Å². The lowest BCUT2D eigenvalue weighted by molar-refractivity contribution is -0.136. The number of aliphatic carboxylic acids is 1. The molecule has 0 fully saturated rings. The van der Waals surface area contributed by atoms with Gasteiger partial charge in [0.25, 0.3) is 0 Å². The predicted octanol–water partition coefficient (Wildman–Crippen LogP) is 2.76. The zero-order valence-corrected chi connectivity index (χ0v) is 11.3. The zero-order valence-electron chi connectivity index (χ0n) is 11.3. The summed E-state index contributed by atoms with van der Waals surface area (Å²) in [6.45, 7) is 0.833. The molecule has 0 aliphatic carbocycles. The summed E-state index contributed by atoms with van der Waals surface area (Å²) in [5.41, 5.74) is 2.00. The summed E-state index contributed by atoms with van der Waals surface area (Å²) >= 11 is 0. The average molecular weight is 289 g/mol. The van der Waals surface area contributed by atoms with Gasteiger partial charge in [-0.15, -0.1) is 0 Å².